The third kappa shape index (κ3) is 0.789. The topological polar surface area (TPSA) is 17.1 Å². The molecule has 0 N–H and O–H groups in total. The SMILES string of the molecule is CC1(C)C(=O)[C@H]2C=C[C@@H]1[C@@H]1CC=C[C@@H]12. The van der Waals surface area contributed by atoms with Crippen LogP contribution in [0.2, 0.25) is 0 Å². The first-order valence-electron chi connectivity index (χ1n) is 5.51. The van der Waals surface area contributed by atoms with Gasteiger partial charge in [0.05, 0.1) is 0 Å². The Morgan fingerprint density at radius 1 is 1.29 bits per heavy atom. The Balaban J connectivity index is 2.11. The smallest absolute Gasteiger partial charge is 0.146 e. The number of ketones is 1. The summed E-state index contributed by atoms with van der Waals surface area (Å²) in [5.41, 5.74) is -0.118. The van der Waals surface area contributed by atoms with E-state index in [-0.39, 0.29) is 11.3 Å². The van der Waals surface area contributed by atoms with Crippen LogP contribution in [-0.2, 0) is 4.79 Å². The van der Waals surface area contributed by atoms with E-state index in [2.05, 4.69) is 38.2 Å². The fraction of sp³-hybridized carbons (Fsp3) is 0.615. The van der Waals surface area contributed by atoms with Crippen LogP contribution in [0.1, 0.15) is 20.3 Å². The number of rotatable bonds is 0. The van der Waals surface area contributed by atoms with Gasteiger partial charge in [0, 0.05) is 11.3 Å². The Morgan fingerprint density at radius 2 is 2.07 bits per heavy atom. The highest BCUT2D eigenvalue weighted by Crippen LogP contribution is 2.55. The van der Waals surface area contributed by atoms with E-state index in [0.717, 1.165) is 0 Å². The van der Waals surface area contributed by atoms with Crippen molar-refractivity contribution in [2.45, 2.75) is 20.3 Å². The summed E-state index contributed by atoms with van der Waals surface area (Å²) in [5, 5.41) is 0. The second kappa shape index (κ2) is 2.39. The molecular formula is C13H16O. The Morgan fingerprint density at radius 3 is 2.86 bits per heavy atom. The Bertz CT molecular complexity index is 348. The van der Waals surface area contributed by atoms with E-state index in [1.807, 2.05) is 0 Å². The van der Waals surface area contributed by atoms with E-state index in [1.54, 1.807) is 0 Å². The zero-order valence-corrected chi connectivity index (χ0v) is 8.73. The molecule has 0 saturated heterocycles. The van der Waals surface area contributed by atoms with Gasteiger partial charge in [-0.05, 0) is 24.2 Å². The van der Waals surface area contributed by atoms with Gasteiger partial charge >= 0.3 is 0 Å². The van der Waals surface area contributed by atoms with Gasteiger partial charge in [-0.1, -0.05) is 38.2 Å². The summed E-state index contributed by atoms with van der Waals surface area (Å²) < 4.78 is 0. The lowest BCUT2D eigenvalue weighted by Gasteiger charge is -2.50. The van der Waals surface area contributed by atoms with Crippen LogP contribution in [0.15, 0.2) is 24.3 Å². The van der Waals surface area contributed by atoms with Gasteiger partial charge < -0.3 is 0 Å². The van der Waals surface area contributed by atoms with Crippen LogP contribution in [0.25, 0.3) is 0 Å². The molecule has 0 aliphatic heterocycles. The summed E-state index contributed by atoms with van der Waals surface area (Å²) in [5.74, 6) is 2.33. The molecule has 4 aliphatic rings. The largest absolute Gasteiger partial charge is 0.298 e. The van der Waals surface area contributed by atoms with Gasteiger partial charge in [-0.2, -0.15) is 0 Å². The van der Waals surface area contributed by atoms with Gasteiger partial charge in [-0.25, -0.2) is 0 Å². The standard InChI is InChI=1S/C13H16O/c1-13(2)11-7-6-10(12(13)14)8-4-3-5-9(8)11/h3-4,6-11H,5H2,1-2H3/t8-,9+,10-,11+/m0/s1. The number of fused-ring (bicyclic) bond motifs is 1. The first-order chi connectivity index (χ1) is 6.62. The minimum Gasteiger partial charge on any atom is -0.298 e. The Kier molecular flexibility index (Phi) is 1.44. The highest BCUT2D eigenvalue weighted by Gasteiger charge is 2.54. The molecule has 14 heavy (non-hydrogen) atoms. The lowest BCUT2D eigenvalue weighted by molar-refractivity contribution is -0.140. The van der Waals surface area contributed by atoms with Crippen LogP contribution in [0.3, 0.4) is 0 Å². The lowest BCUT2D eigenvalue weighted by Crippen LogP contribution is -2.51. The molecule has 1 heteroatoms. The monoisotopic (exact) mass is 188 g/mol. The van der Waals surface area contributed by atoms with E-state index in [0.29, 0.717) is 23.5 Å². The van der Waals surface area contributed by atoms with Crippen molar-refractivity contribution in [1.29, 1.82) is 0 Å². The van der Waals surface area contributed by atoms with Crippen molar-refractivity contribution in [3.05, 3.63) is 24.3 Å². The molecular weight excluding hydrogens is 172 g/mol. The Labute approximate surface area is 84.9 Å². The summed E-state index contributed by atoms with van der Waals surface area (Å²) in [7, 11) is 0. The van der Waals surface area contributed by atoms with Gasteiger partial charge in [0.2, 0.25) is 0 Å². The third-order valence-corrected chi connectivity index (χ3v) is 4.43. The lowest BCUT2D eigenvalue weighted by atomic mass is 9.52. The molecule has 0 radical (unpaired) electrons. The number of allylic oxidation sites excluding steroid dienone is 4. The van der Waals surface area contributed by atoms with Crippen molar-refractivity contribution in [2.75, 3.05) is 0 Å². The number of hydrogen-bond acceptors (Lipinski definition) is 1. The molecule has 0 heterocycles. The maximum absolute atomic E-state index is 12.2. The average molecular weight is 188 g/mol. The number of carbonyl (C=O) groups excluding carboxylic acids is 1. The quantitative estimate of drug-likeness (QED) is 0.534. The zero-order chi connectivity index (χ0) is 9.92. The summed E-state index contributed by atoms with van der Waals surface area (Å²) in [6.07, 6.45) is 10.1. The predicted octanol–water partition coefficient (Wildman–Crippen LogP) is 2.59. The molecule has 0 aromatic rings. The molecule has 0 aromatic heterocycles. The van der Waals surface area contributed by atoms with Gasteiger partial charge in [-0.15, -0.1) is 0 Å². The normalized spacial score (nSPS) is 47.1. The molecule has 74 valence electrons. The summed E-state index contributed by atoms with van der Waals surface area (Å²) in [6.45, 7) is 4.23. The number of Topliss-reactive ketones (excluding diaryl/α,β-unsaturated/α-hetero) is 1. The molecule has 1 saturated carbocycles. The maximum Gasteiger partial charge on any atom is 0.146 e. The van der Waals surface area contributed by atoms with E-state index in [9.17, 15) is 4.79 Å². The maximum atomic E-state index is 12.2. The van der Waals surface area contributed by atoms with Crippen LogP contribution in [-0.4, -0.2) is 5.78 Å². The summed E-state index contributed by atoms with van der Waals surface area (Å²) in [6, 6.07) is 0. The number of carbonyl (C=O) groups is 1. The van der Waals surface area contributed by atoms with Crippen molar-refractivity contribution in [3.63, 3.8) is 0 Å². The van der Waals surface area contributed by atoms with Crippen molar-refractivity contribution in [3.8, 4) is 0 Å². The van der Waals surface area contributed by atoms with Gasteiger partial charge in [0.1, 0.15) is 5.78 Å². The minimum atomic E-state index is -0.118. The summed E-state index contributed by atoms with van der Waals surface area (Å²) >= 11 is 0. The molecule has 4 aliphatic carbocycles. The van der Waals surface area contributed by atoms with Crippen molar-refractivity contribution in [2.24, 2.45) is 29.1 Å². The van der Waals surface area contributed by atoms with Gasteiger partial charge in [0.25, 0.3) is 0 Å². The minimum absolute atomic E-state index is 0.118. The van der Waals surface area contributed by atoms with Crippen molar-refractivity contribution >= 4 is 5.78 Å². The third-order valence-electron chi connectivity index (χ3n) is 4.43. The highest BCUT2D eigenvalue weighted by molar-refractivity contribution is 5.91. The second-order valence-corrected chi connectivity index (χ2v) is 5.43. The van der Waals surface area contributed by atoms with Crippen LogP contribution < -0.4 is 0 Å². The van der Waals surface area contributed by atoms with Gasteiger partial charge in [-0.3, -0.25) is 4.79 Å². The van der Waals surface area contributed by atoms with Crippen LogP contribution in [0.4, 0.5) is 0 Å². The molecule has 4 atom stereocenters. The fourth-order valence-electron chi connectivity index (χ4n) is 3.61. The van der Waals surface area contributed by atoms with E-state index < -0.39 is 0 Å². The first-order valence-corrected chi connectivity index (χ1v) is 5.51. The molecule has 0 spiro atoms. The predicted molar refractivity (Wildman–Crippen MR) is 55.6 cm³/mol. The average Bonchev–Trinajstić information content (AvgIpc) is 2.61. The summed E-state index contributed by atoms with van der Waals surface area (Å²) in [4.78, 5) is 12.2. The molecule has 0 aromatic carbocycles. The second-order valence-electron chi connectivity index (χ2n) is 5.43. The molecule has 2 bridgehead atoms. The molecule has 4 rings (SSSR count). The molecule has 0 amide bonds. The highest BCUT2D eigenvalue weighted by atomic mass is 16.1. The van der Waals surface area contributed by atoms with E-state index >= 15 is 0 Å². The fourth-order valence-corrected chi connectivity index (χ4v) is 3.61. The van der Waals surface area contributed by atoms with Crippen molar-refractivity contribution < 1.29 is 4.79 Å². The van der Waals surface area contributed by atoms with Crippen molar-refractivity contribution in [1.82, 2.24) is 0 Å². The van der Waals surface area contributed by atoms with Crippen LogP contribution in [0, 0.1) is 29.1 Å². The molecule has 1 nitrogen and oxygen atoms in total. The van der Waals surface area contributed by atoms with E-state index in [4.69, 9.17) is 0 Å². The van der Waals surface area contributed by atoms with Crippen LogP contribution in [0.5, 0.6) is 0 Å². The first kappa shape index (κ1) is 8.46. The van der Waals surface area contributed by atoms with Gasteiger partial charge in [0.15, 0.2) is 0 Å². The molecule has 1 fully saturated rings. The molecule has 0 unspecified atom stereocenters. The van der Waals surface area contributed by atoms with Crippen LogP contribution >= 0.6 is 0 Å². The zero-order valence-electron chi connectivity index (χ0n) is 8.73. The van der Waals surface area contributed by atoms with E-state index in [1.165, 1.54) is 6.42 Å². The Hall–Kier alpha value is -0.850. The number of hydrogen-bond donors (Lipinski definition) is 0.